The summed E-state index contributed by atoms with van der Waals surface area (Å²) < 4.78 is 0. The molecule has 0 bridgehead atoms. The topological polar surface area (TPSA) is 95.1 Å². The van der Waals surface area contributed by atoms with Gasteiger partial charge in [-0.1, -0.05) is 37.8 Å². The molecule has 1 aliphatic rings. The van der Waals surface area contributed by atoms with Gasteiger partial charge in [0.1, 0.15) is 0 Å². The lowest BCUT2D eigenvalue weighted by Gasteiger charge is -2.14. The zero-order chi connectivity index (χ0) is 17.4. The minimum atomic E-state index is -0.727. The lowest BCUT2D eigenvalue weighted by molar-refractivity contribution is 0.0928. The summed E-state index contributed by atoms with van der Waals surface area (Å²) >= 11 is 1.39. The first-order chi connectivity index (χ1) is 12.1. The van der Waals surface area contributed by atoms with Gasteiger partial charge in [0.05, 0.1) is 10.9 Å². The van der Waals surface area contributed by atoms with E-state index in [1.807, 2.05) is 35.7 Å². The molecular formula is C19H19N3O3S. The number of thiophene rings is 1. The zero-order valence-electron chi connectivity index (χ0n) is 13.2. The first-order valence-corrected chi connectivity index (χ1v) is 8.77. The first kappa shape index (κ1) is 17.9. The molecule has 0 radical (unpaired) electrons. The van der Waals surface area contributed by atoms with Crippen LogP contribution < -0.4 is 10.9 Å². The highest BCUT2D eigenvalue weighted by molar-refractivity contribution is 7.13. The van der Waals surface area contributed by atoms with Crippen LogP contribution in [0.5, 0.6) is 5.75 Å². The van der Waals surface area contributed by atoms with Crippen molar-refractivity contribution < 1.29 is 9.90 Å². The van der Waals surface area contributed by atoms with Crippen LogP contribution in [0.25, 0.3) is 10.7 Å². The number of aromatic nitrogens is 2. The third kappa shape index (κ3) is 3.13. The number of nitrogens with one attached hydrogen (secondary N) is 2. The maximum atomic E-state index is 12.6. The van der Waals surface area contributed by atoms with Crippen LogP contribution in [0, 0.1) is 0 Å². The highest BCUT2D eigenvalue weighted by atomic mass is 32.1. The third-order valence-electron chi connectivity index (χ3n) is 4.30. The molecule has 4 rings (SSSR count). The smallest absolute Gasteiger partial charge is 0.294 e. The molecule has 0 saturated carbocycles. The van der Waals surface area contributed by atoms with E-state index in [4.69, 9.17) is 0 Å². The number of nitrogens with zero attached hydrogens (tertiary/aromatic N) is 1. The Labute approximate surface area is 154 Å². The molecule has 134 valence electrons. The van der Waals surface area contributed by atoms with E-state index in [0.29, 0.717) is 0 Å². The molecule has 2 heterocycles. The van der Waals surface area contributed by atoms with Gasteiger partial charge in [0, 0.05) is 0 Å². The fraction of sp³-hybridized carbons (Fsp3) is 0.211. The van der Waals surface area contributed by atoms with E-state index >= 15 is 0 Å². The Balaban J connectivity index is 0.00000196. The lowest BCUT2D eigenvalue weighted by atomic mass is 10.1. The molecule has 3 aromatic rings. The molecule has 3 N–H and O–H groups in total. The summed E-state index contributed by atoms with van der Waals surface area (Å²) in [5.41, 5.74) is 1.29. The monoisotopic (exact) mass is 369 g/mol. The number of fused-ring (bicyclic) bond motifs is 1. The molecule has 0 saturated heterocycles. The summed E-state index contributed by atoms with van der Waals surface area (Å²) in [7, 11) is 0. The molecule has 2 aromatic heterocycles. The summed E-state index contributed by atoms with van der Waals surface area (Å²) in [6.07, 6.45) is 1.67. The second kappa shape index (κ2) is 7.13. The highest BCUT2D eigenvalue weighted by Crippen LogP contribution is 2.31. The number of hydrogen-bond donors (Lipinski definition) is 3. The van der Waals surface area contributed by atoms with Crippen LogP contribution in [0.2, 0.25) is 0 Å². The van der Waals surface area contributed by atoms with Crippen LogP contribution in [-0.2, 0) is 6.42 Å². The van der Waals surface area contributed by atoms with Crippen molar-refractivity contribution in [1.29, 1.82) is 0 Å². The van der Waals surface area contributed by atoms with Gasteiger partial charge >= 0.3 is 0 Å². The van der Waals surface area contributed by atoms with Crippen LogP contribution >= 0.6 is 11.3 Å². The Hall–Kier alpha value is -2.93. The minimum absolute atomic E-state index is 0. The fourth-order valence-electron chi connectivity index (χ4n) is 3.09. The number of rotatable bonds is 3. The van der Waals surface area contributed by atoms with Gasteiger partial charge in [-0.05, 0) is 35.4 Å². The Kier molecular flexibility index (Phi) is 4.90. The van der Waals surface area contributed by atoms with Gasteiger partial charge in [0.15, 0.2) is 11.5 Å². The quantitative estimate of drug-likeness (QED) is 0.660. The van der Waals surface area contributed by atoms with Crippen molar-refractivity contribution in [2.24, 2.45) is 0 Å². The zero-order valence-corrected chi connectivity index (χ0v) is 14.0. The van der Waals surface area contributed by atoms with Crippen molar-refractivity contribution in [3.63, 3.8) is 0 Å². The molecular weight excluding hydrogens is 350 g/mol. The van der Waals surface area contributed by atoms with Crippen molar-refractivity contribution >= 4 is 17.2 Å². The number of aromatic amines is 1. The number of carbonyl (C=O) groups is 1. The molecule has 0 spiro atoms. The molecule has 1 aliphatic carbocycles. The van der Waals surface area contributed by atoms with Gasteiger partial charge < -0.3 is 15.4 Å². The number of H-pyrrole nitrogens is 1. The van der Waals surface area contributed by atoms with Crippen molar-refractivity contribution in [3.05, 3.63) is 69.0 Å². The molecule has 0 fully saturated rings. The number of hydrogen-bond acceptors (Lipinski definition) is 5. The standard InChI is InChI=1S/C18H15N3O3S.CH4/c22-15-14(20-16(21-18(15)24)13-6-3-9-25-13)17(23)19-12-8-7-10-4-1-2-5-11(10)12;/h1-6,9,12,22H,7-8H2,(H,19,23)(H,20,21,24);1H4/t12-;/m1./s1. The lowest BCUT2D eigenvalue weighted by Crippen LogP contribution is -2.29. The minimum Gasteiger partial charge on any atom is -0.501 e. The van der Waals surface area contributed by atoms with Crippen molar-refractivity contribution in [2.45, 2.75) is 26.3 Å². The summed E-state index contributed by atoms with van der Waals surface area (Å²) in [5, 5.41) is 14.7. The largest absolute Gasteiger partial charge is 0.501 e. The van der Waals surface area contributed by atoms with E-state index in [9.17, 15) is 14.7 Å². The molecule has 1 atom stereocenters. The van der Waals surface area contributed by atoms with Crippen molar-refractivity contribution in [1.82, 2.24) is 15.3 Å². The Morgan fingerprint density at radius 1 is 1.27 bits per heavy atom. The summed E-state index contributed by atoms with van der Waals surface area (Å²) in [6.45, 7) is 0. The van der Waals surface area contributed by atoms with E-state index in [1.54, 1.807) is 6.07 Å². The SMILES string of the molecule is C.O=C(N[C@@H]1CCc2ccccc21)c1nc(-c2cccs2)[nH]c(=O)c1O. The highest BCUT2D eigenvalue weighted by Gasteiger charge is 2.26. The Morgan fingerprint density at radius 2 is 2.08 bits per heavy atom. The van der Waals surface area contributed by atoms with Gasteiger partial charge in [-0.25, -0.2) is 4.98 Å². The van der Waals surface area contributed by atoms with Crippen LogP contribution in [0.4, 0.5) is 0 Å². The van der Waals surface area contributed by atoms with Crippen LogP contribution in [0.15, 0.2) is 46.6 Å². The van der Waals surface area contributed by atoms with Gasteiger partial charge in [0.25, 0.3) is 11.5 Å². The molecule has 26 heavy (non-hydrogen) atoms. The molecule has 6 nitrogen and oxygen atoms in total. The van der Waals surface area contributed by atoms with Crippen LogP contribution in [0.1, 0.15) is 41.5 Å². The number of aromatic hydroxyl groups is 1. The molecule has 1 aromatic carbocycles. The second-order valence-corrected chi connectivity index (χ2v) is 6.80. The van der Waals surface area contributed by atoms with E-state index < -0.39 is 17.2 Å². The molecule has 7 heteroatoms. The van der Waals surface area contributed by atoms with Gasteiger partial charge in [-0.2, -0.15) is 0 Å². The van der Waals surface area contributed by atoms with Crippen molar-refractivity contribution in [2.75, 3.05) is 0 Å². The number of amides is 1. The van der Waals surface area contributed by atoms with Crippen LogP contribution in [0.3, 0.4) is 0 Å². The van der Waals surface area contributed by atoms with E-state index in [0.717, 1.165) is 23.3 Å². The van der Waals surface area contributed by atoms with Gasteiger partial charge in [-0.3, -0.25) is 9.59 Å². The van der Waals surface area contributed by atoms with Crippen molar-refractivity contribution in [3.8, 4) is 16.5 Å². The predicted octanol–water partition coefficient (Wildman–Crippen LogP) is 3.26. The summed E-state index contributed by atoms with van der Waals surface area (Å²) in [4.78, 5) is 32.0. The maximum Gasteiger partial charge on any atom is 0.294 e. The van der Waals surface area contributed by atoms with Crippen LogP contribution in [-0.4, -0.2) is 21.0 Å². The number of carbonyl (C=O) groups excluding carboxylic acids is 1. The van der Waals surface area contributed by atoms with Gasteiger partial charge in [-0.15, -0.1) is 11.3 Å². The summed E-state index contributed by atoms with van der Waals surface area (Å²) in [6, 6.07) is 11.4. The summed E-state index contributed by atoms with van der Waals surface area (Å²) in [5.74, 6) is -0.943. The number of aryl methyl sites for hydroxylation is 1. The fourth-order valence-corrected chi connectivity index (χ4v) is 3.76. The average molecular weight is 369 g/mol. The predicted molar refractivity (Wildman–Crippen MR) is 102 cm³/mol. The molecule has 0 unspecified atom stereocenters. The number of benzene rings is 1. The van der Waals surface area contributed by atoms with E-state index in [2.05, 4.69) is 15.3 Å². The average Bonchev–Trinajstić information content (AvgIpc) is 3.28. The van der Waals surface area contributed by atoms with E-state index in [-0.39, 0.29) is 25.0 Å². The molecule has 1 amide bonds. The Bertz CT molecular complexity index is 996. The Morgan fingerprint density at radius 3 is 2.85 bits per heavy atom. The van der Waals surface area contributed by atoms with E-state index in [1.165, 1.54) is 16.9 Å². The normalized spacial score (nSPS) is 15.2. The second-order valence-electron chi connectivity index (χ2n) is 5.85. The molecule has 0 aliphatic heterocycles. The van der Waals surface area contributed by atoms with Gasteiger partial charge in [0.2, 0.25) is 5.75 Å². The first-order valence-electron chi connectivity index (χ1n) is 7.89. The maximum absolute atomic E-state index is 12.6. The third-order valence-corrected chi connectivity index (χ3v) is 5.18.